The average Bonchev–Trinajstić information content (AvgIpc) is 2.98. The van der Waals surface area contributed by atoms with Gasteiger partial charge in [0, 0.05) is 6.54 Å². The van der Waals surface area contributed by atoms with Crippen LogP contribution in [0.4, 0.5) is 4.39 Å². The van der Waals surface area contributed by atoms with Gasteiger partial charge in [-0.2, -0.15) is 0 Å². The number of rotatable bonds is 6. The Hall–Kier alpha value is -2.58. The number of halogens is 1. The standard InChI is InChI=1S/C20H22FN3O3S/c1-5-27-20(26)16-11(2)15-18(25)22-17(23-19(15)28-16)12(3)24(4)10-13-7-6-8-14(21)9-13/h6-9,12H,5,10H2,1-4H3,(H,22,23,25)/t12-/m0/s1. The molecule has 0 aliphatic heterocycles. The van der Waals surface area contributed by atoms with Crippen molar-refractivity contribution in [3.63, 3.8) is 0 Å². The van der Waals surface area contributed by atoms with E-state index in [-0.39, 0.29) is 24.0 Å². The quantitative estimate of drug-likeness (QED) is 0.634. The van der Waals surface area contributed by atoms with Crippen LogP contribution in [0.1, 0.15) is 46.5 Å². The molecule has 1 aromatic carbocycles. The molecule has 0 spiro atoms. The summed E-state index contributed by atoms with van der Waals surface area (Å²) in [5.41, 5.74) is 1.13. The molecular formula is C20H22FN3O3S. The molecule has 8 heteroatoms. The van der Waals surface area contributed by atoms with E-state index in [1.807, 2.05) is 24.9 Å². The smallest absolute Gasteiger partial charge is 0.348 e. The molecule has 2 aromatic heterocycles. The zero-order chi connectivity index (χ0) is 20.4. The Morgan fingerprint density at radius 1 is 1.43 bits per heavy atom. The molecule has 28 heavy (non-hydrogen) atoms. The number of benzene rings is 1. The van der Waals surface area contributed by atoms with Crippen LogP contribution < -0.4 is 5.56 Å². The summed E-state index contributed by atoms with van der Waals surface area (Å²) in [5.74, 6) is -0.236. The van der Waals surface area contributed by atoms with Gasteiger partial charge in [-0.1, -0.05) is 12.1 Å². The van der Waals surface area contributed by atoms with Gasteiger partial charge in [-0.25, -0.2) is 14.2 Å². The molecule has 1 N–H and O–H groups in total. The van der Waals surface area contributed by atoms with Crippen LogP contribution in [0, 0.1) is 12.7 Å². The number of thiophene rings is 1. The van der Waals surface area contributed by atoms with E-state index in [0.717, 1.165) is 16.9 Å². The van der Waals surface area contributed by atoms with Gasteiger partial charge < -0.3 is 9.72 Å². The first kappa shape index (κ1) is 20.2. The topological polar surface area (TPSA) is 75.3 Å². The number of hydrogen-bond donors (Lipinski definition) is 1. The van der Waals surface area contributed by atoms with Crippen LogP contribution >= 0.6 is 11.3 Å². The van der Waals surface area contributed by atoms with E-state index in [2.05, 4.69) is 9.97 Å². The van der Waals surface area contributed by atoms with Gasteiger partial charge in [-0.3, -0.25) is 9.69 Å². The number of aromatic amines is 1. The second kappa shape index (κ2) is 8.20. The summed E-state index contributed by atoms with van der Waals surface area (Å²) in [5, 5.41) is 0.414. The molecule has 0 radical (unpaired) electrons. The minimum absolute atomic E-state index is 0.214. The number of carbonyl (C=O) groups excluding carboxylic acids is 1. The van der Waals surface area contributed by atoms with Gasteiger partial charge in [0.2, 0.25) is 0 Å². The third-order valence-corrected chi connectivity index (χ3v) is 5.82. The van der Waals surface area contributed by atoms with Crippen molar-refractivity contribution in [1.82, 2.24) is 14.9 Å². The van der Waals surface area contributed by atoms with Crippen molar-refractivity contribution in [3.8, 4) is 0 Å². The summed E-state index contributed by atoms with van der Waals surface area (Å²) < 4.78 is 18.5. The summed E-state index contributed by atoms with van der Waals surface area (Å²) >= 11 is 1.16. The van der Waals surface area contributed by atoms with Crippen molar-refractivity contribution in [2.75, 3.05) is 13.7 Å². The summed E-state index contributed by atoms with van der Waals surface area (Å²) in [6.45, 7) is 6.14. The Labute approximate surface area is 166 Å². The van der Waals surface area contributed by atoms with Gasteiger partial charge >= 0.3 is 5.97 Å². The minimum atomic E-state index is -0.444. The Bertz CT molecular complexity index is 1080. The predicted molar refractivity (Wildman–Crippen MR) is 107 cm³/mol. The third kappa shape index (κ3) is 3.98. The van der Waals surface area contributed by atoms with E-state index in [9.17, 15) is 14.0 Å². The van der Waals surface area contributed by atoms with Crippen LogP contribution in [0.25, 0.3) is 10.2 Å². The molecule has 3 rings (SSSR count). The van der Waals surface area contributed by atoms with Crippen LogP contribution in [-0.2, 0) is 11.3 Å². The molecule has 3 aromatic rings. The summed E-state index contributed by atoms with van der Waals surface area (Å²) in [6.07, 6.45) is 0. The largest absolute Gasteiger partial charge is 0.462 e. The lowest BCUT2D eigenvalue weighted by atomic mass is 10.1. The number of nitrogens with zero attached hydrogens (tertiary/aromatic N) is 2. The van der Waals surface area contributed by atoms with Crippen molar-refractivity contribution in [3.05, 3.63) is 62.3 Å². The van der Waals surface area contributed by atoms with Crippen LogP contribution in [-0.4, -0.2) is 34.5 Å². The van der Waals surface area contributed by atoms with Gasteiger partial charge in [-0.05, 0) is 51.1 Å². The van der Waals surface area contributed by atoms with E-state index in [4.69, 9.17) is 4.74 Å². The molecule has 0 saturated heterocycles. The monoisotopic (exact) mass is 403 g/mol. The lowest BCUT2D eigenvalue weighted by molar-refractivity contribution is 0.0531. The second-order valence-corrected chi connectivity index (χ2v) is 7.63. The molecule has 0 amide bonds. The zero-order valence-electron chi connectivity index (χ0n) is 16.2. The maximum Gasteiger partial charge on any atom is 0.348 e. The first-order valence-corrected chi connectivity index (χ1v) is 9.78. The highest BCUT2D eigenvalue weighted by molar-refractivity contribution is 7.20. The Morgan fingerprint density at radius 3 is 2.86 bits per heavy atom. The number of esters is 1. The number of nitrogens with one attached hydrogen (secondary N) is 1. The molecule has 6 nitrogen and oxygen atoms in total. The van der Waals surface area contributed by atoms with Crippen molar-refractivity contribution < 1.29 is 13.9 Å². The van der Waals surface area contributed by atoms with Gasteiger partial charge in [-0.15, -0.1) is 11.3 Å². The van der Waals surface area contributed by atoms with Crippen LogP contribution in [0.3, 0.4) is 0 Å². The molecule has 2 heterocycles. The van der Waals surface area contributed by atoms with Gasteiger partial charge in [0.15, 0.2) is 0 Å². The van der Waals surface area contributed by atoms with E-state index in [1.165, 1.54) is 12.1 Å². The van der Waals surface area contributed by atoms with E-state index < -0.39 is 5.97 Å². The Balaban J connectivity index is 1.92. The average molecular weight is 403 g/mol. The van der Waals surface area contributed by atoms with Gasteiger partial charge in [0.25, 0.3) is 5.56 Å². The third-order valence-electron chi connectivity index (χ3n) is 4.66. The number of hydrogen-bond acceptors (Lipinski definition) is 6. The first-order chi connectivity index (χ1) is 13.3. The lowest BCUT2D eigenvalue weighted by Gasteiger charge is -2.24. The van der Waals surface area contributed by atoms with Gasteiger partial charge in [0.05, 0.1) is 18.0 Å². The number of aryl methyl sites for hydroxylation is 1. The molecule has 0 fully saturated rings. The molecule has 0 saturated carbocycles. The number of H-pyrrole nitrogens is 1. The molecule has 0 aliphatic rings. The first-order valence-electron chi connectivity index (χ1n) is 8.97. The van der Waals surface area contributed by atoms with Gasteiger partial charge in [0.1, 0.15) is 21.3 Å². The van der Waals surface area contributed by atoms with Crippen LogP contribution in [0.15, 0.2) is 29.1 Å². The summed E-state index contributed by atoms with van der Waals surface area (Å²) in [4.78, 5) is 35.0. The number of aromatic nitrogens is 2. The maximum atomic E-state index is 13.4. The predicted octanol–water partition coefficient (Wildman–Crippen LogP) is 3.80. The molecule has 148 valence electrons. The van der Waals surface area contributed by atoms with Crippen LogP contribution in [0.2, 0.25) is 0 Å². The number of ether oxygens (including phenoxy) is 1. The fourth-order valence-electron chi connectivity index (χ4n) is 3.02. The van der Waals surface area contributed by atoms with E-state index in [1.54, 1.807) is 19.9 Å². The Morgan fingerprint density at radius 2 is 2.18 bits per heavy atom. The van der Waals surface area contributed by atoms with Crippen molar-refractivity contribution in [2.24, 2.45) is 0 Å². The van der Waals surface area contributed by atoms with Crippen molar-refractivity contribution in [2.45, 2.75) is 33.4 Å². The fraction of sp³-hybridized carbons (Fsp3) is 0.350. The molecule has 0 bridgehead atoms. The minimum Gasteiger partial charge on any atom is -0.462 e. The summed E-state index contributed by atoms with van der Waals surface area (Å²) in [6, 6.07) is 6.19. The molecule has 1 atom stereocenters. The van der Waals surface area contributed by atoms with E-state index >= 15 is 0 Å². The normalized spacial score (nSPS) is 12.5. The number of fused-ring (bicyclic) bond motifs is 1. The van der Waals surface area contributed by atoms with E-state index in [0.29, 0.717) is 33.0 Å². The summed E-state index contributed by atoms with van der Waals surface area (Å²) in [7, 11) is 1.88. The van der Waals surface area contributed by atoms with Crippen molar-refractivity contribution in [1.29, 1.82) is 0 Å². The highest BCUT2D eigenvalue weighted by atomic mass is 32.1. The zero-order valence-corrected chi connectivity index (χ0v) is 17.0. The lowest BCUT2D eigenvalue weighted by Crippen LogP contribution is -2.25. The number of carbonyl (C=O) groups is 1. The maximum absolute atomic E-state index is 13.4. The van der Waals surface area contributed by atoms with Crippen LogP contribution in [0.5, 0.6) is 0 Å². The fourth-order valence-corrected chi connectivity index (χ4v) is 4.10. The SMILES string of the molecule is CCOC(=O)c1sc2nc([C@H](C)N(C)Cc3cccc(F)c3)[nH]c(=O)c2c1C. The molecule has 0 aliphatic carbocycles. The highest BCUT2D eigenvalue weighted by Crippen LogP contribution is 2.29. The molecule has 0 unspecified atom stereocenters. The second-order valence-electron chi connectivity index (χ2n) is 6.63. The highest BCUT2D eigenvalue weighted by Gasteiger charge is 2.22. The Kier molecular flexibility index (Phi) is 5.90. The molecular weight excluding hydrogens is 381 g/mol. The van der Waals surface area contributed by atoms with Crippen molar-refractivity contribution >= 4 is 27.5 Å².